The first kappa shape index (κ1) is 13.1. The Bertz CT molecular complexity index is 710. The third-order valence-corrected chi connectivity index (χ3v) is 2.68. The Morgan fingerprint density at radius 2 is 2.11 bits per heavy atom. The predicted molar refractivity (Wildman–Crippen MR) is 71.2 cm³/mol. The predicted octanol–water partition coefficient (Wildman–Crippen LogP) is 1.84. The van der Waals surface area contributed by atoms with E-state index in [1.54, 1.807) is 31.6 Å². The molecule has 2 heterocycles. The first-order valence-corrected chi connectivity index (χ1v) is 5.78. The van der Waals surface area contributed by atoms with Crippen molar-refractivity contribution in [2.24, 2.45) is 12.0 Å². The fourth-order valence-corrected chi connectivity index (χ4v) is 1.86. The molecule has 0 saturated heterocycles. The van der Waals surface area contributed by atoms with E-state index in [-0.39, 0.29) is 11.3 Å². The van der Waals surface area contributed by atoms with Gasteiger partial charge in [-0.3, -0.25) is 4.68 Å². The molecule has 0 fully saturated rings. The van der Waals surface area contributed by atoms with Gasteiger partial charge in [0.25, 0.3) is 0 Å². The molecule has 6 heteroatoms. The third kappa shape index (κ3) is 2.57. The number of nitrogens with zero attached hydrogens (tertiary/aromatic N) is 3. The van der Waals surface area contributed by atoms with Gasteiger partial charge < -0.3 is 9.52 Å². The summed E-state index contributed by atoms with van der Waals surface area (Å²) in [5.74, 6) is 0.832. The van der Waals surface area contributed by atoms with Crippen LogP contribution >= 0.6 is 0 Å². The van der Waals surface area contributed by atoms with Gasteiger partial charge in [-0.05, 0) is 20.8 Å². The van der Waals surface area contributed by atoms with Crippen molar-refractivity contribution in [3.8, 4) is 5.75 Å². The van der Waals surface area contributed by atoms with E-state index in [4.69, 9.17) is 4.42 Å². The van der Waals surface area contributed by atoms with E-state index < -0.39 is 5.63 Å². The van der Waals surface area contributed by atoms with Crippen molar-refractivity contribution in [2.75, 3.05) is 0 Å². The maximum absolute atomic E-state index is 11.8. The molecule has 0 amide bonds. The molecular formula is C13H15N3O3. The van der Waals surface area contributed by atoms with Gasteiger partial charge in [-0.2, -0.15) is 5.10 Å². The van der Waals surface area contributed by atoms with Gasteiger partial charge in [-0.15, -0.1) is 0 Å². The highest BCUT2D eigenvalue weighted by molar-refractivity contribution is 6.01. The number of rotatable bonds is 2. The van der Waals surface area contributed by atoms with Gasteiger partial charge in [-0.1, -0.05) is 0 Å². The second-order valence-electron chi connectivity index (χ2n) is 4.37. The van der Waals surface area contributed by atoms with Gasteiger partial charge in [0.15, 0.2) is 5.82 Å². The molecule has 0 spiro atoms. The van der Waals surface area contributed by atoms with E-state index in [9.17, 15) is 9.90 Å². The number of hydrogen-bond acceptors (Lipinski definition) is 5. The van der Waals surface area contributed by atoms with Crippen molar-refractivity contribution in [1.82, 2.24) is 9.78 Å². The molecule has 0 unspecified atom stereocenters. The van der Waals surface area contributed by atoms with Crippen LogP contribution in [0.4, 0.5) is 5.82 Å². The summed E-state index contributed by atoms with van der Waals surface area (Å²) in [6.45, 7) is 5.09. The van der Waals surface area contributed by atoms with Gasteiger partial charge in [0, 0.05) is 19.2 Å². The molecule has 6 nitrogen and oxygen atoms in total. The number of hydrogen-bond donors (Lipinski definition) is 1. The van der Waals surface area contributed by atoms with Gasteiger partial charge in [0.05, 0.1) is 11.4 Å². The van der Waals surface area contributed by atoms with E-state index >= 15 is 0 Å². The summed E-state index contributed by atoms with van der Waals surface area (Å²) < 4.78 is 6.57. The molecule has 0 aliphatic carbocycles. The average Bonchev–Trinajstić information content (AvgIpc) is 2.55. The molecule has 2 aromatic heterocycles. The fraction of sp³-hybridized carbons (Fsp3) is 0.308. The minimum atomic E-state index is -0.599. The summed E-state index contributed by atoms with van der Waals surface area (Å²) in [6.07, 6.45) is 0. The lowest BCUT2D eigenvalue weighted by Crippen LogP contribution is -2.13. The monoisotopic (exact) mass is 261 g/mol. The van der Waals surface area contributed by atoms with Crippen LogP contribution in [0.1, 0.15) is 23.9 Å². The Kier molecular flexibility index (Phi) is 3.25. The highest BCUT2D eigenvalue weighted by Gasteiger charge is 2.13. The topological polar surface area (TPSA) is 80.6 Å². The highest BCUT2D eigenvalue weighted by atomic mass is 16.4. The number of aliphatic imine (C=N–C) groups is 1. The molecule has 0 bridgehead atoms. The molecular weight excluding hydrogens is 246 g/mol. The SMILES string of the molecule is C/C(=N\c1cc(C)nn1C)c1c(O)cc(C)oc1=O. The molecule has 0 aliphatic heterocycles. The summed E-state index contributed by atoms with van der Waals surface area (Å²) in [6, 6.07) is 3.18. The Balaban J connectivity index is 2.54. The van der Waals surface area contributed by atoms with Crippen molar-refractivity contribution < 1.29 is 9.52 Å². The molecule has 2 rings (SSSR count). The second-order valence-corrected chi connectivity index (χ2v) is 4.37. The first-order valence-electron chi connectivity index (χ1n) is 5.78. The van der Waals surface area contributed by atoms with Crippen molar-refractivity contribution in [1.29, 1.82) is 0 Å². The summed E-state index contributed by atoms with van der Waals surface area (Å²) in [5.41, 5.74) is 0.686. The Morgan fingerprint density at radius 1 is 1.42 bits per heavy atom. The summed E-state index contributed by atoms with van der Waals surface area (Å²) in [5, 5.41) is 14.0. The molecule has 2 aromatic rings. The maximum Gasteiger partial charge on any atom is 0.348 e. The van der Waals surface area contributed by atoms with Gasteiger partial charge in [0.2, 0.25) is 0 Å². The van der Waals surface area contributed by atoms with Crippen LogP contribution in [-0.2, 0) is 7.05 Å². The van der Waals surface area contributed by atoms with E-state index in [2.05, 4.69) is 10.1 Å². The summed E-state index contributed by atoms with van der Waals surface area (Å²) in [7, 11) is 1.76. The van der Waals surface area contributed by atoms with Gasteiger partial charge >= 0.3 is 5.63 Å². The molecule has 0 saturated carbocycles. The zero-order valence-corrected chi connectivity index (χ0v) is 11.3. The van der Waals surface area contributed by atoms with Crippen molar-refractivity contribution in [2.45, 2.75) is 20.8 Å². The second kappa shape index (κ2) is 4.72. The smallest absolute Gasteiger partial charge is 0.348 e. The van der Waals surface area contributed by atoms with Crippen molar-refractivity contribution in [3.05, 3.63) is 39.6 Å². The zero-order valence-electron chi connectivity index (χ0n) is 11.3. The lowest BCUT2D eigenvalue weighted by molar-refractivity contribution is 0.432. The summed E-state index contributed by atoms with van der Waals surface area (Å²) in [4.78, 5) is 16.1. The average molecular weight is 261 g/mol. The first-order chi connectivity index (χ1) is 8.88. The number of aromatic nitrogens is 2. The van der Waals surface area contributed by atoms with Crippen LogP contribution in [0.25, 0.3) is 0 Å². The van der Waals surface area contributed by atoms with E-state index in [0.29, 0.717) is 17.3 Å². The van der Waals surface area contributed by atoms with Crippen LogP contribution in [0, 0.1) is 13.8 Å². The van der Waals surface area contributed by atoms with Crippen LogP contribution in [0.5, 0.6) is 5.75 Å². The maximum atomic E-state index is 11.8. The van der Waals surface area contributed by atoms with Crippen molar-refractivity contribution in [3.63, 3.8) is 0 Å². The Labute approximate surface area is 110 Å². The van der Waals surface area contributed by atoms with Crippen LogP contribution in [0.15, 0.2) is 26.3 Å². The fourth-order valence-electron chi connectivity index (χ4n) is 1.86. The van der Waals surface area contributed by atoms with Crippen LogP contribution in [-0.4, -0.2) is 20.6 Å². The summed E-state index contributed by atoms with van der Waals surface area (Å²) >= 11 is 0. The van der Waals surface area contributed by atoms with Crippen molar-refractivity contribution >= 4 is 11.5 Å². The van der Waals surface area contributed by atoms with Crippen LogP contribution in [0.3, 0.4) is 0 Å². The van der Waals surface area contributed by atoms with E-state index in [1.165, 1.54) is 6.07 Å². The molecule has 0 atom stereocenters. The minimum absolute atomic E-state index is 0.0736. The number of aryl methyl sites for hydroxylation is 3. The van der Waals surface area contributed by atoms with Gasteiger partial charge in [0.1, 0.15) is 17.1 Å². The minimum Gasteiger partial charge on any atom is -0.507 e. The largest absolute Gasteiger partial charge is 0.507 e. The van der Waals surface area contributed by atoms with Gasteiger partial charge in [-0.25, -0.2) is 9.79 Å². The molecule has 0 radical (unpaired) electrons. The molecule has 1 N–H and O–H groups in total. The Morgan fingerprint density at radius 3 is 2.63 bits per heavy atom. The van der Waals surface area contributed by atoms with Crippen LogP contribution < -0.4 is 5.63 Å². The molecule has 100 valence electrons. The van der Waals surface area contributed by atoms with Crippen LogP contribution in [0.2, 0.25) is 0 Å². The van der Waals surface area contributed by atoms with E-state index in [1.807, 2.05) is 6.92 Å². The Hall–Kier alpha value is -2.37. The molecule has 0 aliphatic rings. The lowest BCUT2D eigenvalue weighted by Gasteiger charge is -2.03. The lowest BCUT2D eigenvalue weighted by atomic mass is 10.1. The quantitative estimate of drug-likeness (QED) is 0.836. The molecule has 19 heavy (non-hydrogen) atoms. The van der Waals surface area contributed by atoms with E-state index in [0.717, 1.165) is 5.69 Å². The standard InChI is InChI=1S/C13H15N3O3/c1-7-5-11(16(4)15-7)14-9(3)12-10(17)6-8(2)19-13(12)18/h5-6,17H,1-4H3/b14-9+. The number of aromatic hydroxyl groups is 1. The highest BCUT2D eigenvalue weighted by Crippen LogP contribution is 2.19. The zero-order chi connectivity index (χ0) is 14.2. The molecule has 0 aromatic carbocycles. The normalized spacial score (nSPS) is 11.9. The third-order valence-electron chi connectivity index (χ3n) is 2.68.